The first-order valence-corrected chi connectivity index (χ1v) is 17.1. The summed E-state index contributed by atoms with van der Waals surface area (Å²) in [6.07, 6.45) is 16.1. The number of amides is 1. The lowest BCUT2D eigenvalue weighted by Crippen LogP contribution is -2.55. The predicted octanol–water partition coefficient (Wildman–Crippen LogP) is 7.00. The molecule has 4 aliphatic carbocycles. The van der Waals surface area contributed by atoms with E-state index in [1.807, 2.05) is 0 Å². The summed E-state index contributed by atoms with van der Waals surface area (Å²) >= 11 is 0. The molecule has 1 heterocycles. The number of nitrogens with one attached hydrogen (secondary N) is 1. The molecule has 5 rings (SSSR count). The van der Waals surface area contributed by atoms with Crippen LogP contribution in [0.1, 0.15) is 105 Å². The predicted molar refractivity (Wildman–Crippen MR) is 154 cm³/mol. The van der Waals surface area contributed by atoms with Gasteiger partial charge in [-0.3, -0.25) is 4.79 Å². The van der Waals surface area contributed by atoms with Gasteiger partial charge < -0.3 is 4.74 Å². The van der Waals surface area contributed by atoms with Crippen molar-refractivity contribution in [2.24, 2.45) is 52.3 Å². The molecule has 0 spiro atoms. The van der Waals surface area contributed by atoms with Gasteiger partial charge in [0.25, 0.3) is 10.0 Å². The first-order valence-electron chi connectivity index (χ1n) is 15.6. The Kier molecular flexibility index (Phi) is 8.13. The van der Waals surface area contributed by atoms with Gasteiger partial charge in [-0.1, -0.05) is 47.0 Å². The van der Waals surface area contributed by atoms with E-state index >= 15 is 0 Å². The molecule has 4 fully saturated rings. The lowest BCUT2D eigenvalue weighted by Gasteiger charge is -2.63. The number of hydrogen-bond acceptors (Lipinski definition) is 5. The van der Waals surface area contributed by atoms with Crippen LogP contribution >= 0.6 is 0 Å². The minimum absolute atomic E-state index is 0.00637. The lowest BCUT2D eigenvalue weighted by molar-refractivity contribution is -0.138. The molecular formula is C32H50N2O4S. The van der Waals surface area contributed by atoms with Crippen molar-refractivity contribution in [2.45, 2.75) is 110 Å². The number of pyridine rings is 1. The third kappa shape index (κ3) is 5.04. The second kappa shape index (κ2) is 11.0. The Labute approximate surface area is 236 Å². The average Bonchev–Trinajstić information content (AvgIpc) is 3.28. The number of hydrogen-bond donors (Lipinski definition) is 1. The zero-order chi connectivity index (χ0) is 28.0. The van der Waals surface area contributed by atoms with Crippen molar-refractivity contribution >= 4 is 15.9 Å². The molecule has 7 heteroatoms. The lowest BCUT2D eigenvalue weighted by atomic mass is 9.42. The first-order chi connectivity index (χ1) is 18.5. The maximum atomic E-state index is 12.8. The van der Waals surface area contributed by atoms with Gasteiger partial charge in [0.1, 0.15) is 4.90 Å². The molecule has 4 saturated carbocycles. The van der Waals surface area contributed by atoms with E-state index in [9.17, 15) is 13.2 Å². The maximum Gasteiger partial charge on any atom is 0.269 e. The molecule has 1 aromatic heterocycles. The normalized spacial score (nSPS) is 38.7. The number of carbonyl (C=O) groups is 1. The zero-order valence-corrected chi connectivity index (χ0v) is 25.6. The van der Waals surface area contributed by atoms with Crippen LogP contribution in [0.2, 0.25) is 0 Å². The number of ether oxygens (including phenoxy) is 1. The third-order valence-electron chi connectivity index (χ3n) is 12.3. The summed E-state index contributed by atoms with van der Waals surface area (Å²) in [5, 5.41) is 0. The minimum atomic E-state index is -4.02. The molecule has 1 amide bonds. The van der Waals surface area contributed by atoms with Crippen molar-refractivity contribution in [3.05, 3.63) is 18.3 Å². The number of nitrogens with zero attached hydrogens (tertiary/aromatic N) is 1. The van der Waals surface area contributed by atoms with Crippen LogP contribution in [-0.4, -0.2) is 26.4 Å². The summed E-state index contributed by atoms with van der Waals surface area (Å²) in [6.45, 7) is 9.96. The van der Waals surface area contributed by atoms with Crippen LogP contribution in [0.15, 0.2) is 23.2 Å². The van der Waals surface area contributed by atoms with Gasteiger partial charge in [-0.25, -0.2) is 18.1 Å². The highest BCUT2D eigenvalue weighted by Gasteiger charge is 2.61. The van der Waals surface area contributed by atoms with Crippen molar-refractivity contribution in [2.75, 3.05) is 7.11 Å². The van der Waals surface area contributed by atoms with E-state index in [0.717, 1.165) is 29.6 Å². The summed E-state index contributed by atoms with van der Waals surface area (Å²) in [5.41, 5.74) is 0.871. The molecule has 0 aromatic carbocycles. The summed E-state index contributed by atoms with van der Waals surface area (Å²) < 4.78 is 33.0. The second-order valence-electron chi connectivity index (χ2n) is 13.9. The Morgan fingerprint density at radius 2 is 1.87 bits per heavy atom. The van der Waals surface area contributed by atoms with Crippen molar-refractivity contribution in [1.82, 2.24) is 9.71 Å². The smallest absolute Gasteiger partial charge is 0.269 e. The molecule has 39 heavy (non-hydrogen) atoms. The Balaban J connectivity index is 1.24. The molecule has 0 aliphatic heterocycles. The Hall–Kier alpha value is -1.63. The molecule has 0 saturated heterocycles. The molecule has 218 valence electrons. The van der Waals surface area contributed by atoms with Gasteiger partial charge in [0.05, 0.1) is 7.11 Å². The summed E-state index contributed by atoms with van der Waals surface area (Å²) in [6, 6.07) is 2.93. The van der Waals surface area contributed by atoms with Gasteiger partial charge >= 0.3 is 0 Å². The Morgan fingerprint density at radius 1 is 1.10 bits per heavy atom. The van der Waals surface area contributed by atoms with Crippen LogP contribution in [0, 0.1) is 52.3 Å². The van der Waals surface area contributed by atoms with E-state index < -0.39 is 15.9 Å². The molecule has 1 aromatic rings. The van der Waals surface area contributed by atoms with Crippen molar-refractivity contribution in [3.63, 3.8) is 0 Å². The highest BCUT2D eigenvalue weighted by Crippen LogP contribution is 2.69. The molecule has 0 radical (unpaired) electrons. The van der Waals surface area contributed by atoms with E-state index in [4.69, 9.17) is 4.74 Å². The molecule has 6 nitrogen and oxygen atoms in total. The first kappa shape index (κ1) is 28.9. The highest BCUT2D eigenvalue weighted by atomic mass is 32.2. The highest BCUT2D eigenvalue weighted by molar-refractivity contribution is 7.90. The quantitative estimate of drug-likeness (QED) is 0.371. The fourth-order valence-electron chi connectivity index (χ4n) is 10.5. The Bertz CT molecular complexity index is 1150. The van der Waals surface area contributed by atoms with Crippen LogP contribution in [-0.2, 0) is 14.8 Å². The van der Waals surface area contributed by atoms with E-state index in [2.05, 4.69) is 37.4 Å². The van der Waals surface area contributed by atoms with Gasteiger partial charge in [-0.15, -0.1) is 0 Å². The van der Waals surface area contributed by atoms with E-state index in [-0.39, 0.29) is 17.2 Å². The fraction of sp³-hybridized carbons (Fsp3) is 0.812. The van der Waals surface area contributed by atoms with Gasteiger partial charge in [0, 0.05) is 12.6 Å². The topological polar surface area (TPSA) is 85.4 Å². The molecule has 9 atom stereocenters. The number of fused-ring (bicyclic) bond motifs is 5. The fourth-order valence-corrected chi connectivity index (χ4v) is 11.7. The zero-order valence-electron chi connectivity index (χ0n) is 24.7. The SMILES string of the molecule is CC[C@H]1CC2C3CC[C@H]([C@H](C)CCC(=O)NS(=O)(=O)c4cccnc4OC)[C@@]3(C)CCC2[C@@]2(C)CCCC[C@@H]12. The molecule has 4 aliphatic rings. The van der Waals surface area contributed by atoms with Crippen LogP contribution in [0.3, 0.4) is 0 Å². The van der Waals surface area contributed by atoms with Crippen LogP contribution in [0.25, 0.3) is 0 Å². The van der Waals surface area contributed by atoms with Crippen molar-refractivity contribution in [1.29, 1.82) is 0 Å². The van der Waals surface area contributed by atoms with Gasteiger partial charge in [-0.2, -0.15) is 0 Å². The maximum absolute atomic E-state index is 12.8. The summed E-state index contributed by atoms with van der Waals surface area (Å²) in [7, 11) is -2.65. The van der Waals surface area contributed by atoms with E-state index in [0.29, 0.717) is 29.1 Å². The summed E-state index contributed by atoms with van der Waals surface area (Å²) in [5.74, 6) is 4.89. The summed E-state index contributed by atoms with van der Waals surface area (Å²) in [4.78, 5) is 16.6. The monoisotopic (exact) mass is 558 g/mol. The Morgan fingerprint density at radius 3 is 2.62 bits per heavy atom. The molecule has 3 unspecified atom stereocenters. The van der Waals surface area contributed by atoms with Crippen molar-refractivity contribution in [3.8, 4) is 5.88 Å². The standard InChI is InChI=1S/C32H50N2O4S/c1-6-22-20-23-26-14-13-24(32(26,4)18-16-27(23)31(3)17-8-7-10-25(22)31)21(2)12-15-29(35)34-39(36,37)28-11-9-19-33-30(28)38-5/h9,11,19,21-27H,6-8,10,12-18,20H2,1-5H3,(H,34,35)/t21-,22+,23?,24-,25+,26?,27?,31+,32-/m1/s1. The molecular weight excluding hydrogens is 508 g/mol. The number of sulfonamides is 1. The largest absolute Gasteiger partial charge is 0.480 e. The number of aromatic nitrogens is 1. The van der Waals surface area contributed by atoms with E-state index in [1.54, 1.807) is 0 Å². The van der Waals surface area contributed by atoms with Crippen LogP contribution < -0.4 is 9.46 Å². The molecule has 1 N–H and O–H groups in total. The average molecular weight is 559 g/mol. The number of rotatable bonds is 8. The second-order valence-corrected chi connectivity index (χ2v) is 15.6. The number of methoxy groups -OCH3 is 1. The van der Waals surface area contributed by atoms with Gasteiger partial charge in [0.15, 0.2) is 0 Å². The number of carbonyl (C=O) groups excluding carboxylic acids is 1. The van der Waals surface area contributed by atoms with Crippen LogP contribution in [0.5, 0.6) is 5.88 Å². The molecule has 0 bridgehead atoms. The minimum Gasteiger partial charge on any atom is -0.480 e. The van der Waals surface area contributed by atoms with E-state index in [1.165, 1.54) is 89.6 Å². The van der Waals surface area contributed by atoms with Gasteiger partial charge in [0.2, 0.25) is 11.8 Å². The van der Waals surface area contributed by atoms with Crippen molar-refractivity contribution < 1.29 is 17.9 Å². The third-order valence-corrected chi connectivity index (χ3v) is 13.7. The van der Waals surface area contributed by atoms with Gasteiger partial charge in [-0.05, 0) is 116 Å². The van der Waals surface area contributed by atoms with Crippen LogP contribution in [0.4, 0.5) is 0 Å².